The molecule has 0 atom stereocenters. The summed E-state index contributed by atoms with van der Waals surface area (Å²) in [6, 6.07) is 5.16. The molecule has 0 aliphatic carbocycles. The van der Waals surface area contributed by atoms with E-state index in [1.54, 1.807) is 36.4 Å². The molecule has 1 N–H and O–H groups in total. The van der Waals surface area contributed by atoms with Crippen molar-refractivity contribution >= 4 is 10.0 Å². The number of aromatic nitrogens is 4. The molecule has 8 nitrogen and oxygen atoms in total. The molecular weight excluding hydrogens is 361 g/mol. The molecule has 136 valence electrons. The van der Waals surface area contributed by atoms with Crippen molar-refractivity contribution in [1.29, 1.82) is 0 Å². The van der Waals surface area contributed by atoms with Gasteiger partial charge in [0.1, 0.15) is 11.4 Å². The Hall–Kier alpha value is -2.85. The lowest BCUT2D eigenvalue weighted by Crippen LogP contribution is -2.24. The van der Waals surface area contributed by atoms with E-state index in [1.165, 1.54) is 19.2 Å². The maximum atomic E-state index is 13.8. The van der Waals surface area contributed by atoms with Crippen molar-refractivity contribution < 1.29 is 17.5 Å². The second-order valence-corrected chi connectivity index (χ2v) is 7.12. The smallest absolute Gasteiger partial charge is 0.241 e. The summed E-state index contributed by atoms with van der Waals surface area (Å²) in [5.74, 6) is -0.773. The first-order chi connectivity index (χ1) is 12.4. The van der Waals surface area contributed by atoms with Crippen LogP contribution in [0.1, 0.15) is 5.69 Å². The number of aryl methyl sites for hydroxylation is 1. The highest BCUT2D eigenvalue weighted by Crippen LogP contribution is 2.21. The zero-order valence-electron chi connectivity index (χ0n) is 14.0. The fourth-order valence-electron chi connectivity index (χ4n) is 2.29. The first kappa shape index (κ1) is 18.0. The standard InChI is InChI=1S/C16H16FN5O3S/c1-22-11(7-14(21-22)15-10-18-5-6-19-15)9-20-26(23,24)12-3-4-16(25-2)13(17)8-12/h3-8,10,20H,9H2,1-2H3. The molecule has 0 bridgehead atoms. The van der Waals surface area contributed by atoms with Gasteiger partial charge in [-0.3, -0.25) is 14.6 Å². The lowest BCUT2D eigenvalue weighted by molar-refractivity contribution is 0.385. The molecule has 3 aromatic rings. The largest absolute Gasteiger partial charge is 0.494 e. The number of hydrogen-bond donors (Lipinski definition) is 1. The maximum absolute atomic E-state index is 13.8. The first-order valence-electron chi connectivity index (χ1n) is 7.53. The van der Waals surface area contributed by atoms with Gasteiger partial charge in [-0.05, 0) is 24.3 Å². The summed E-state index contributed by atoms with van der Waals surface area (Å²) in [6.45, 7) is -0.0141. The van der Waals surface area contributed by atoms with E-state index < -0.39 is 15.8 Å². The third-order valence-corrected chi connectivity index (χ3v) is 5.08. The molecule has 0 radical (unpaired) electrons. The van der Waals surface area contributed by atoms with Crippen LogP contribution < -0.4 is 9.46 Å². The van der Waals surface area contributed by atoms with E-state index >= 15 is 0 Å². The number of halogens is 1. The van der Waals surface area contributed by atoms with Gasteiger partial charge < -0.3 is 4.74 Å². The van der Waals surface area contributed by atoms with Crippen LogP contribution in [0.4, 0.5) is 4.39 Å². The van der Waals surface area contributed by atoms with Crippen molar-refractivity contribution in [3.05, 3.63) is 54.4 Å². The highest BCUT2D eigenvalue weighted by Gasteiger charge is 2.18. The number of hydrogen-bond acceptors (Lipinski definition) is 6. The van der Waals surface area contributed by atoms with Gasteiger partial charge in [0.2, 0.25) is 10.0 Å². The van der Waals surface area contributed by atoms with E-state index in [2.05, 4.69) is 19.8 Å². The average molecular weight is 377 g/mol. The molecule has 0 unspecified atom stereocenters. The Morgan fingerprint density at radius 1 is 1.23 bits per heavy atom. The number of rotatable bonds is 6. The molecule has 3 rings (SSSR count). The summed E-state index contributed by atoms with van der Waals surface area (Å²) in [5, 5.41) is 4.29. The third kappa shape index (κ3) is 3.70. The van der Waals surface area contributed by atoms with Gasteiger partial charge in [0.05, 0.1) is 30.4 Å². The summed E-state index contributed by atoms with van der Waals surface area (Å²) in [5.41, 5.74) is 1.77. The Labute approximate surface area is 149 Å². The van der Waals surface area contributed by atoms with E-state index in [0.29, 0.717) is 17.1 Å². The van der Waals surface area contributed by atoms with E-state index in [4.69, 9.17) is 4.74 Å². The minimum absolute atomic E-state index is 0.0141. The van der Waals surface area contributed by atoms with Crippen molar-refractivity contribution in [2.45, 2.75) is 11.4 Å². The minimum atomic E-state index is -3.89. The minimum Gasteiger partial charge on any atom is -0.494 e. The topological polar surface area (TPSA) is 99.0 Å². The lowest BCUT2D eigenvalue weighted by Gasteiger charge is -2.08. The van der Waals surface area contributed by atoms with Crippen LogP contribution in [0.5, 0.6) is 5.75 Å². The van der Waals surface area contributed by atoms with Gasteiger partial charge in [-0.15, -0.1) is 0 Å². The Kier molecular flexibility index (Phi) is 4.96. The van der Waals surface area contributed by atoms with Crippen molar-refractivity contribution in [2.75, 3.05) is 7.11 Å². The van der Waals surface area contributed by atoms with E-state index in [9.17, 15) is 12.8 Å². The molecule has 0 fully saturated rings. The van der Waals surface area contributed by atoms with Gasteiger partial charge in [-0.2, -0.15) is 5.10 Å². The molecule has 2 aromatic heterocycles. The predicted molar refractivity (Wildman–Crippen MR) is 91.2 cm³/mol. The maximum Gasteiger partial charge on any atom is 0.241 e. The molecule has 10 heteroatoms. The molecule has 0 aliphatic heterocycles. The number of nitrogens with zero attached hydrogens (tertiary/aromatic N) is 4. The van der Waals surface area contributed by atoms with Crippen molar-refractivity contribution in [2.24, 2.45) is 7.05 Å². The van der Waals surface area contributed by atoms with Crippen LogP contribution >= 0.6 is 0 Å². The summed E-state index contributed by atoms with van der Waals surface area (Å²) >= 11 is 0. The Morgan fingerprint density at radius 3 is 2.69 bits per heavy atom. The third-order valence-electron chi connectivity index (χ3n) is 3.68. The van der Waals surface area contributed by atoms with Gasteiger partial charge in [0.15, 0.2) is 11.6 Å². The molecule has 1 aromatic carbocycles. The summed E-state index contributed by atoms with van der Waals surface area (Å²) in [7, 11) is -0.894. The number of methoxy groups -OCH3 is 1. The molecule has 0 spiro atoms. The van der Waals surface area contributed by atoms with Crippen LogP contribution in [0.25, 0.3) is 11.4 Å². The zero-order valence-corrected chi connectivity index (χ0v) is 14.9. The van der Waals surface area contributed by atoms with Crippen molar-refractivity contribution in [3.8, 4) is 17.1 Å². The van der Waals surface area contributed by atoms with E-state index in [-0.39, 0.29) is 17.2 Å². The fourth-order valence-corrected chi connectivity index (χ4v) is 3.30. The fraction of sp³-hybridized carbons (Fsp3) is 0.188. The van der Waals surface area contributed by atoms with Crippen LogP contribution in [0.3, 0.4) is 0 Å². The van der Waals surface area contributed by atoms with Gasteiger partial charge in [0.25, 0.3) is 0 Å². The average Bonchev–Trinajstić information content (AvgIpc) is 3.01. The van der Waals surface area contributed by atoms with Gasteiger partial charge >= 0.3 is 0 Å². The monoisotopic (exact) mass is 377 g/mol. The predicted octanol–water partition coefficient (Wildman–Crippen LogP) is 1.50. The van der Waals surface area contributed by atoms with Gasteiger partial charge in [0, 0.05) is 19.4 Å². The van der Waals surface area contributed by atoms with Crippen LogP contribution in [-0.4, -0.2) is 35.3 Å². The summed E-state index contributed by atoms with van der Waals surface area (Å²) < 4.78 is 47.3. The zero-order chi connectivity index (χ0) is 18.7. The highest BCUT2D eigenvalue weighted by molar-refractivity contribution is 7.89. The molecule has 2 heterocycles. The lowest BCUT2D eigenvalue weighted by atomic mass is 10.3. The first-order valence-corrected chi connectivity index (χ1v) is 9.01. The number of sulfonamides is 1. The highest BCUT2D eigenvalue weighted by atomic mass is 32.2. The molecule has 0 saturated carbocycles. The number of ether oxygens (including phenoxy) is 1. The second-order valence-electron chi connectivity index (χ2n) is 5.36. The Bertz CT molecular complexity index is 1020. The number of nitrogens with one attached hydrogen (secondary N) is 1. The number of benzene rings is 1. The normalized spacial score (nSPS) is 11.5. The molecule has 0 saturated heterocycles. The second kappa shape index (κ2) is 7.18. The van der Waals surface area contributed by atoms with Crippen LogP contribution in [0.15, 0.2) is 47.8 Å². The van der Waals surface area contributed by atoms with Crippen LogP contribution in [-0.2, 0) is 23.6 Å². The molecular formula is C16H16FN5O3S. The molecule has 0 amide bonds. The SMILES string of the molecule is COc1ccc(S(=O)(=O)NCc2cc(-c3cnccn3)nn2C)cc1F. The van der Waals surface area contributed by atoms with Crippen LogP contribution in [0.2, 0.25) is 0 Å². The van der Waals surface area contributed by atoms with Crippen molar-refractivity contribution in [3.63, 3.8) is 0 Å². The Balaban J connectivity index is 1.78. The van der Waals surface area contributed by atoms with Crippen LogP contribution in [0, 0.1) is 5.82 Å². The molecule has 26 heavy (non-hydrogen) atoms. The summed E-state index contributed by atoms with van der Waals surface area (Å²) in [6.07, 6.45) is 4.66. The Morgan fingerprint density at radius 2 is 2.04 bits per heavy atom. The van der Waals surface area contributed by atoms with Crippen molar-refractivity contribution in [1.82, 2.24) is 24.5 Å². The van der Waals surface area contributed by atoms with Gasteiger partial charge in [-0.1, -0.05) is 0 Å². The quantitative estimate of drug-likeness (QED) is 0.699. The molecule has 0 aliphatic rings. The van der Waals surface area contributed by atoms with E-state index in [0.717, 1.165) is 6.07 Å². The van der Waals surface area contributed by atoms with E-state index in [1.807, 2.05) is 0 Å². The summed E-state index contributed by atoms with van der Waals surface area (Å²) in [4.78, 5) is 7.95. The van der Waals surface area contributed by atoms with Gasteiger partial charge in [-0.25, -0.2) is 17.5 Å².